The minimum absolute atomic E-state index is 0.174. The number of benzene rings is 2. The first-order chi connectivity index (χ1) is 11.2. The van der Waals surface area contributed by atoms with E-state index >= 15 is 0 Å². The van der Waals surface area contributed by atoms with Crippen molar-refractivity contribution in [1.82, 2.24) is 0 Å². The first-order valence-electron chi connectivity index (χ1n) is 8.62. The number of hydrogen-bond donors (Lipinski definition) is 1. The summed E-state index contributed by atoms with van der Waals surface area (Å²) >= 11 is 0. The quantitative estimate of drug-likeness (QED) is 0.862. The van der Waals surface area contributed by atoms with Gasteiger partial charge in [0.2, 0.25) is 0 Å². The fraction of sp³-hybridized carbons (Fsp3) is 0.400. The third kappa shape index (κ3) is 3.44. The molecule has 122 valence electrons. The monoisotopic (exact) mass is 328 g/mol. The lowest BCUT2D eigenvalue weighted by atomic mass is 9.98. The van der Waals surface area contributed by atoms with Crippen LogP contribution >= 0.6 is 7.14 Å². The normalized spacial score (nSPS) is 23.0. The molecule has 0 bridgehead atoms. The van der Waals surface area contributed by atoms with Crippen molar-refractivity contribution in [2.24, 2.45) is 0 Å². The molecule has 1 aliphatic carbocycles. The van der Waals surface area contributed by atoms with E-state index in [0.29, 0.717) is 0 Å². The standard InChI is InChI=1S/C20H25O2P/c21-19-15-9-1-2-10-16-20(19)23(22,17-11-5-3-6-12-17)18-13-7-4-8-14-18/h3-8,11-14,19-21H,1-2,9-10,15-16H2/t19-,20+/m1/s1. The van der Waals surface area contributed by atoms with Crippen LogP contribution in [0.2, 0.25) is 0 Å². The fourth-order valence-corrected chi connectivity index (χ4v) is 7.17. The molecule has 0 unspecified atom stereocenters. The van der Waals surface area contributed by atoms with Gasteiger partial charge in [-0.05, 0) is 12.8 Å². The van der Waals surface area contributed by atoms with Crippen LogP contribution in [0, 0.1) is 0 Å². The summed E-state index contributed by atoms with van der Waals surface area (Å²) < 4.78 is 14.3. The number of aliphatic hydroxyl groups is 1. The molecule has 2 nitrogen and oxygen atoms in total. The van der Waals surface area contributed by atoms with Crippen molar-refractivity contribution >= 4 is 17.8 Å². The van der Waals surface area contributed by atoms with Crippen molar-refractivity contribution in [2.45, 2.75) is 50.3 Å². The zero-order chi connectivity index (χ0) is 16.1. The Morgan fingerprint density at radius 3 is 1.74 bits per heavy atom. The zero-order valence-corrected chi connectivity index (χ0v) is 14.4. The van der Waals surface area contributed by atoms with Gasteiger partial charge in [-0.1, -0.05) is 86.3 Å². The molecule has 1 N–H and O–H groups in total. The van der Waals surface area contributed by atoms with Gasteiger partial charge in [-0.2, -0.15) is 0 Å². The Balaban J connectivity index is 2.10. The van der Waals surface area contributed by atoms with Crippen molar-refractivity contribution < 1.29 is 9.67 Å². The second-order valence-electron chi connectivity index (χ2n) is 6.46. The van der Waals surface area contributed by atoms with E-state index < -0.39 is 13.2 Å². The van der Waals surface area contributed by atoms with E-state index in [1.807, 2.05) is 60.7 Å². The zero-order valence-electron chi connectivity index (χ0n) is 13.5. The van der Waals surface area contributed by atoms with Crippen LogP contribution in [0.5, 0.6) is 0 Å². The third-order valence-electron chi connectivity index (χ3n) is 4.94. The molecule has 0 saturated heterocycles. The first kappa shape index (κ1) is 16.5. The molecule has 2 aromatic carbocycles. The van der Waals surface area contributed by atoms with Gasteiger partial charge in [0.1, 0.15) is 7.14 Å². The minimum atomic E-state index is -2.85. The minimum Gasteiger partial charge on any atom is -0.392 e. The lowest BCUT2D eigenvalue weighted by Gasteiger charge is -2.33. The predicted octanol–water partition coefficient (Wildman–Crippen LogP) is 4.08. The van der Waals surface area contributed by atoms with E-state index in [1.165, 1.54) is 12.8 Å². The first-order valence-corrected chi connectivity index (χ1v) is 10.4. The smallest absolute Gasteiger partial charge is 0.148 e. The van der Waals surface area contributed by atoms with Crippen LogP contribution in [-0.4, -0.2) is 16.9 Å². The van der Waals surface area contributed by atoms with Crippen LogP contribution in [0.4, 0.5) is 0 Å². The number of hydrogen-bond acceptors (Lipinski definition) is 2. The molecule has 0 aliphatic heterocycles. The fourth-order valence-electron chi connectivity index (χ4n) is 3.70. The Morgan fingerprint density at radius 1 is 0.739 bits per heavy atom. The molecule has 3 heteroatoms. The molecule has 0 heterocycles. The Bertz CT molecular complexity index is 610. The van der Waals surface area contributed by atoms with Crippen molar-refractivity contribution in [3.05, 3.63) is 60.7 Å². The lowest BCUT2D eigenvalue weighted by molar-refractivity contribution is 0.144. The molecule has 23 heavy (non-hydrogen) atoms. The highest BCUT2D eigenvalue weighted by molar-refractivity contribution is 7.79. The maximum absolute atomic E-state index is 14.3. The molecule has 0 radical (unpaired) electrons. The Morgan fingerprint density at radius 2 is 1.22 bits per heavy atom. The van der Waals surface area contributed by atoms with Crippen molar-refractivity contribution in [3.8, 4) is 0 Å². The van der Waals surface area contributed by atoms with Crippen molar-refractivity contribution in [1.29, 1.82) is 0 Å². The van der Waals surface area contributed by atoms with Gasteiger partial charge in [0.05, 0.1) is 6.10 Å². The van der Waals surface area contributed by atoms with Gasteiger partial charge < -0.3 is 9.67 Å². The van der Waals surface area contributed by atoms with E-state index in [4.69, 9.17) is 0 Å². The van der Waals surface area contributed by atoms with Gasteiger partial charge in [-0.15, -0.1) is 0 Å². The molecular formula is C20H25O2P. The molecule has 3 rings (SSSR count). The second kappa shape index (κ2) is 7.47. The van der Waals surface area contributed by atoms with Crippen molar-refractivity contribution in [3.63, 3.8) is 0 Å². The Hall–Kier alpha value is -1.37. The maximum atomic E-state index is 14.3. The largest absolute Gasteiger partial charge is 0.392 e. The number of aliphatic hydroxyl groups excluding tert-OH is 1. The molecule has 1 saturated carbocycles. The van der Waals surface area contributed by atoms with Crippen LogP contribution in [-0.2, 0) is 4.57 Å². The molecule has 1 aliphatic rings. The van der Waals surface area contributed by atoms with Gasteiger partial charge in [0.25, 0.3) is 0 Å². The van der Waals surface area contributed by atoms with Crippen LogP contribution in [0.25, 0.3) is 0 Å². The highest BCUT2D eigenvalue weighted by atomic mass is 31.2. The van der Waals surface area contributed by atoms with Crippen molar-refractivity contribution in [2.75, 3.05) is 0 Å². The summed E-state index contributed by atoms with van der Waals surface area (Å²) in [4.78, 5) is 0. The molecule has 0 amide bonds. The molecular weight excluding hydrogens is 303 g/mol. The Labute approximate surface area is 138 Å². The highest BCUT2D eigenvalue weighted by Gasteiger charge is 2.40. The van der Waals surface area contributed by atoms with Gasteiger partial charge in [-0.3, -0.25) is 0 Å². The highest BCUT2D eigenvalue weighted by Crippen LogP contribution is 2.52. The molecule has 2 atom stereocenters. The third-order valence-corrected chi connectivity index (χ3v) is 8.61. The Kier molecular flexibility index (Phi) is 5.35. The van der Waals surface area contributed by atoms with Gasteiger partial charge >= 0.3 is 0 Å². The topological polar surface area (TPSA) is 37.3 Å². The summed E-state index contributed by atoms with van der Waals surface area (Å²) in [5, 5.41) is 12.5. The average molecular weight is 328 g/mol. The molecule has 2 aromatic rings. The number of rotatable bonds is 3. The predicted molar refractivity (Wildman–Crippen MR) is 97.3 cm³/mol. The van der Waals surface area contributed by atoms with E-state index in [2.05, 4.69) is 0 Å². The molecule has 0 aromatic heterocycles. The lowest BCUT2D eigenvalue weighted by Crippen LogP contribution is -2.35. The molecule has 0 spiro atoms. The summed E-state index contributed by atoms with van der Waals surface area (Å²) in [5.41, 5.74) is -0.174. The van der Waals surface area contributed by atoms with Gasteiger partial charge in [0, 0.05) is 16.3 Å². The SMILES string of the molecule is O=P(c1ccccc1)(c1ccccc1)[C@H]1CCCCCC[C@H]1O. The van der Waals surface area contributed by atoms with Crippen LogP contribution in [0.15, 0.2) is 60.7 Å². The van der Waals surface area contributed by atoms with Crippen LogP contribution in [0.3, 0.4) is 0 Å². The summed E-state index contributed by atoms with van der Waals surface area (Å²) in [5.74, 6) is 0. The second-order valence-corrected chi connectivity index (χ2v) is 9.47. The van der Waals surface area contributed by atoms with E-state index in [9.17, 15) is 9.67 Å². The van der Waals surface area contributed by atoms with Gasteiger partial charge in [-0.25, -0.2) is 0 Å². The summed E-state index contributed by atoms with van der Waals surface area (Å²) in [6.45, 7) is 0. The summed E-state index contributed by atoms with van der Waals surface area (Å²) in [6, 6.07) is 19.5. The van der Waals surface area contributed by atoms with Crippen LogP contribution in [0.1, 0.15) is 38.5 Å². The van der Waals surface area contributed by atoms with E-state index in [0.717, 1.165) is 36.3 Å². The van der Waals surface area contributed by atoms with E-state index in [1.54, 1.807) is 0 Å². The van der Waals surface area contributed by atoms with Gasteiger partial charge in [0.15, 0.2) is 0 Å². The summed E-state index contributed by atoms with van der Waals surface area (Å²) in [6.07, 6.45) is 5.53. The average Bonchev–Trinajstić information content (AvgIpc) is 2.59. The van der Waals surface area contributed by atoms with Crippen LogP contribution < -0.4 is 10.6 Å². The molecule has 1 fully saturated rings. The maximum Gasteiger partial charge on any atom is 0.148 e. The van der Waals surface area contributed by atoms with E-state index in [-0.39, 0.29) is 5.66 Å². The summed E-state index contributed by atoms with van der Waals surface area (Å²) in [7, 11) is -2.85.